The van der Waals surface area contributed by atoms with Gasteiger partial charge in [-0.05, 0) is 46.2 Å². The largest absolute Gasteiger partial charge is 0.299 e. The van der Waals surface area contributed by atoms with Crippen LogP contribution in [-0.4, -0.2) is 4.57 Å². The molecule has 0 fully saturated rings. The van der Waals surface area contributed by atoms with Crippen LogP contribution in [0.5, 0.6) is 0 Å². The summed E-state index contributed by atoms with van der Waals surface area (Å²) >= 11 is 5.49. The van der Waals surface area contributed by atoms with Crippen LogP contribution in [0, 0.1) is 0 Å². The Kier molecular flexibility index (Phi) is 4.42. The van der Waals surface area contributed by atoms with Gasteiger partial charge < -0.3 is 0 Å². The Balaban J connectivity index is 1.74. The maximum Gasteiger partial charge on any atom is 0.1000 e. The van der Waals surface area contributed by atoms with Crippen molar-refractivity contribution in [3.8, 4) is 37.1 Å². The summed E-state index contributed by atoms with van der Waals surface area (Å²) in [4.78, 5) is 2.66. The Morgan fingerprint density at radius 2 is 1.33 bits per heavy atom. The smallest absolute Gasteiger partial charge is 0.1000 e. The summed E-state index contributed by atoms with van der Waals surface area (Å²) in [5.41, 5.74) is 6.42. The summed E-state index contributed by atoms with van der Waals surface area (Å²) in [6, 6.07) is 32.6. The second-order valence-electron chi connectivity index (χ2n) is 7.04. The fraction of sp³-hybridized carbons (Fsp3) is 0. The standard InChI is InChI=1S/C26H17NS3/c1-3-9-18(10-4-1)20-17-22-25(27(20)23-14-8-16-29-23)24(21-13-7-15-28-21)26(30-22)19-11-5-2-6-12-19/h1-17H. The van der Waals surface area contributed by atoms with E-state index in [1.54, 1.807) is 11.3 Å². The number of nitrogens with zero attached hydrogens (tertiary/aromatic N) is 1. The fourth-order valence-corrected chi connectivity index (χ4v) is 6.79. The summed E-state index contributed by atoms with van der Waals surface area (Å²) in [6.07, 6.45) is 0. The van der Waals surface area contributed by atoms with E-state index in [0.717, 1.165) is 0 Å². The number of hydrogen-bond donors (Lipinski definition) is 0. The van der Waals surface area contributed by atoms with Crippen molar-refractivity contribution in [2.45, 2.75) is 0 Å². The predicted molar refractivity (Wildman–Crippen MR) is 133 cm³/mol. The fourth-order valence-electron chi connectivity index (χ4n) is 3.96. The average molecular weight is 440 g/mol. The van der Waals surface area contributed by atoms with Gasteiger partial charge in [-0.25, -0.2) is 0 Å². The third-order valence-corrected chi connectivity index (χ3v) is 8.16. The minimum atomic E-state index is 1.24. The number of rotatable bonds is 4. The van der Waals surface area contributed by atoms with E-state index in [1.807, 2.05) is 22.7 Å². The molecule has 4 heterocycles. The van der Waals surface area contributed by atoms with Crippen molar-refractivity contribution >= 4 is 44.2 Å². The summed E-state index contributed by atoms with van der Waals surface area (Å²) in [5, 5.41) is 5.58. The second kappa shape index (κ2) is 7.40. The molecule has 0 spiro atoms. The van der Waals surface area contributed by atoms with Crippen molar-refractivity contribution in [1.29, 1.82) is 0 Å². The van der Waals surface area contributed by atoms with Gasteiger partial charge in [-0.2, -0.15) is 0 Å². The molecule has 0 bridgehead atoms. The Hall–Kier alpha value is -2.92. The molecule has 1 nitrogen and oxygen atoms in total. The van der Waals surface area contributed by atoms with Crippen molar-refractivity contribution in [2.75, 3.05) is 0 Å². The van der Waals surface area contributed by atoms with E-state index >= 15 is 0 Å². The lowest BCUT2D eigenvalue weighted by Gasteiger charge is -2.11. The van der Waals surface area contributed by atoms with Crippen molar-refractivity contribution in [3.05, 3.63) is 102 Å². The normalized spacial score (nSPS) is 11.3. The Morgan fingerprint density at radius 1 is 0.633 bits per heavy atom. The first kappa shape index (κ1) is 17.9. The van der Waals surface area contributed by atoms with Gasteiger partial charge in [0, 0.05) is 15.3 Å². The van der Waals surface area contributed by atoms with Crippen LogP contribution < -0.4 is 0 Å². The Labute approximate surface area is 187 Å². The number of aromatic nitrogens is 1. The molecule has 0 N–H and O–H groups in total. The average Bonchev–Trinajstić information content (AvgIpc) is 3.58. The lowest BCUT2D eigenvalue weighted by Crippen LogP contribution is -1.95. The maximum absolute atomic E-state index is 2.45. The van der Waals surface area contributed by atoms with Gasteiger partial charge >= 0.3 is 0 Å². The molecule has 0 radical (unpaired) electrons. The molecule has 0 aliphatic carbocycles. The molecule has 0 atom stereocenters. The quantitative estimate of drug-likeness (QED) is 0.258. The summed E-state index contributed by atoms with van der Waals surface area (Å²) < 4.78 is 3.78. The van der Waals surface area contributed by atoms with Crippen LogP contribution in [0.1, 0.15) is 0 Å². The van der Waals surface area contributed by atoms with E-state index < -0.39 is 0 Å². The zero-order valence-electron chi connectivity index (χ0n) is 16.0. The van der Waals surface area contributed by atoms with Crippen LogP contribution in [0.4, 0.5) is 0 Å². The van der Waals surface area contributed by atoms with E-state index in [-0.39, 0.29) is 0 Å². The SMILES string of the molecule is c1ccc(-c2sc3cc(-c4ccccc4)n(-c4cccs4)c3c2-c2cccs2)cc1. The molecule has 6 aromatic rings. The summed E-state index contributed by atoms with van der Waals surface area (Å²) in [7, 11) is 0. The monoisotopic (exact) mass is 439 g/mol. The summed E-state index contributed by atoms with van der Waals surface area (Å²) in [6.45, 7) is 0. The maximum atomic E-state index is 2.45. The van der Waals surface area contributed by atoms with Crippen LogP contribution in [0.3, 0.4) is 0 Å². The highest BCUT2D eigenvalue weighted by molar-refractivity contribution is 7.24. The van der Waals surface area contributed by atoms with Gasteiger partial charge in [-0.15, -0.1) is 34.0 Å². The minimum Gasteiger partial charge on any atom is -0.299 e. The molecule has 0 saturated carbocycles. The Bertz CT molecular complexity index is 1300. The van der Waals surface area contributed by atoms with E-state index in [0.29, 0.717) is 0 Å². The van der Waals surface area contributed by atoms with Gasteiger partial charge in [0.15, 0.2) is 0 Å². The zero-order chi connectivity index (χ0) is 19.9. The minimum absolute atomic E-state index is 1.24. The Morgan fingerprint density at radius 3 is 2.00 bits per heavy atom. The third-order valence-electron chi connectivity index (χ3n) is 5.24. The molecule has 4 heteroatoms. The molecule has 2 aromatic carbocycles. The number of hydrogen-bond acceptors (Lipinski definition) is 3. The first-order valence-electron chi connectivity index (χ1n) is 9.77. The van der Waals surface area contributed by atoms with Crippen molar-refractivity contribution in [2.24, 2.45) is 0 Å². The molecule has 6 rings (SSSR count). The van der Waals surface area contributed by atoms with Gasteiger partial charge in [0.2, 0.25) is 0 Å². The van der Waals surface area contributed by atoms with Crippen LogP contribution in [-0.2, 0) is 0 Å². The topological polar surface area (TPSA) is 4.93 Å². The van der Waals surface area contributed by atoms with Gasteiger partial charge in [-0.3, -0.25) is 4.57 Å². The number of benzene rings is 2. The first-order valence-corrected chi connectivity index (χ1v) is 12.3. The highest BCUT2D eigenvalue weighted by atomic mass is 32.1. The van der Waals surface area contributed by atoms with Gasteiger partial charge in [0.25, 0.3) is 0 Å². The van der Waals surface area contributed by atoms with Gasteiger partial charge in [0.1, 0.15) is 0 Å². The van der Waals surface area contributed by atoms with Crippen LogP contribution in [0.25, 0.3) is 47.4 Å². The molecule has 4 aromatic heterocycles. The highest BCUT2D eigenvalue weighted by Crippen LogP contribution is 2.49. The molecule has 0 aliphatic heterocycles. The van der Waals surface area contributed by atoms with Crippen LogP contribution in [0.15, 0.2) is 102 Å². The van der Waals surface area contributed by atoms with Crippen LogP contribution >= 0.6 is 34.0 Å². The van der Waals surface area contributed by atoms with Crippen LogP contribution in [0.2, 0.25) is 0 Å². The lowest BCUT2D eigenvalue weighted by atomic mass is 10.1. The highest BCUT2D eigenvalue weighted by Gasteiger charge is 2.23. The molecular weight excluding hydrogens is 422 g/mol. The molecule has 0 saturated heterocycles. The molecule has 30 heavy (non-hydrogen) atoms. The van der Waals surface area contributed by atoms with Gasteiger partial charge in [-0.1, -0.05) is 66.7 Å². The molecule has 144 valence electrons. The second-order valence-corrected chi connectivity index (χ2v) is 9.97. The van der Waals surface area contributed by atoms with Gasteiger partial charge in [0.05, 0.1) is 20.9 Å². The van der Waals surface area contributed by atoms with E-state index in [1.165, 1.54) is 47.4 Å². The molecule has 0 unspecified atom stereocenters. The third kappa shape index (κ3) is 2.88. The number of fused-ring (bicyclic) bond motifs is 1. The molecular formula is C26H17NS3. The summed E-state index contributed by atoms with van der Waals surface area (Å²) in [5.74, 6) is 0. The zero-order valence-corrected chi connectivity index (χ0v) is 18.4. The van der Waals surface area contributed by atoms with E-state index in [4.69, 9.17) is 0 Å². The lowest BCUT2D eigenvalue weighted by molar-refractivity contribution is 1.17. The van der Waals surface area contributed by atoms with Crippen molar-refractivity contribution < 1.29 is 0 Å². The molecule has 0 amide bonds. The number of thiophene rings is 3. The first-order chi connectivity index (χ1) is 14.9. The van der Waals surface area contributed by atoms with Crippen molar-refractivity contribution in [3.63, 3.8) is 0 Å². The van der Waals surface area contributed by atoms with E-state index in [9.17, 15) is 0 Å². The predicted octanol–water partition coefficient (Wildman–Crippen LogP) is 8.82. The molecule has 0 aliphatic rings. The van der Waals surface area contributed by atoms with E-state index in [2.05, 4.69) is 106 Å². The van der Waals surface area contributed by atoms with Crippen molar-refractivity contribution in [1.82, 2.24) is 4.57 Å².